The van der Waals surface area contributed by atoms with Crippen LogP contribution in [0, 0.1) is 0 Å². The van der Waals surface area contributed by atoms with Gasteiger partial charge in [0.2, 0.25) is 5.91 Å². The predicted octanol–water partition coefficient (Wildman–Crippen LogP) is 2.56. The molecule has 0 saturated carbocycles. The zero-order valence-electron chi connectivity index (χ0n) is 15.3. The maximum absolute atomic E-state index is 12.8. The number of para-hydroxylation sites is 1. The summed E-state index contributed by atoms with van der Waals surface area (Å²) in [5, 5.41) is 0.454. The number of anilines is 1. The SMILES string of the molecule is C[C@H]1CN(CC(=O)N2CCN(C(=O)c3ccco3)CC2)c2ccccc2S1. The molecule has 0 aliphatic carbocycles. The van der Waals surface area contributed by atoms with Crippen LogP contribution in [0.3, 0.4) is 0 Å². The number of carbonyl (C=O) groups is 2. The zero-order valence-corrected chi connectivity index (χ0v) is 16.2. The number of nitrogens with zero attached hydrogens (tertiary/aromatic N) is 3. The highest BCUT2D eigenvalue weighted by molar-refractivity contribution is 8.00. The van der Waals surface area contributed by atoms with E-state index in [9.17, 15) is 9.59 Å². The van der Waals surface area contributed by atoms with Crippen LogP contribution in [0.1, 0.15) is 17.5 Å². The molecule has 1 aromatic heterocycles. The van der Waals surface area contributed by atoms with Gasteiger partial charge < -0.3 is 19.1 Å². The molecule has 1 aromatic carbocycles. The molecule has 2 amide bonds. The third kappa shape index (κ3) is 3.83. The minimum Gasteiger partial charge on any atom is -0.459 e. The molecule has 3 heterocycles. The van der Waals surface area contributed by atoms with Gasteiger partial charge in [0.15, 0.2) is 5.76 Å². The second-order valence-corrected chi connectivity index (χ2v) is 8.41. The van der Waals surface area contributed by atoms with E-state index >= 15 is 0 Å². The molecule has 6 nitrogen and oxygen atoms in total. The summed E-state index contributed by atoms with van der Waals surface area (Å²) < 4.78 is 5.19. The minimum atomic E-state index is -0.108. The quantitative estimate of drug-likeness (QED) is 0.813. The number of carbonyl (C=O) groups excluding carboxylic acids is 2. The fraction of sp³-hybridized carbons (Fsp3) is 0.400. The van der Waals surface area contributed by atoms with Gasteiger partial charge in [0.1, 0.15) is 0 Å². The lowest BCUT2D eigenvalue weighted by atomic mass is 10.2. The number of hydrogen-bond acceptors (Lipinski definition) is 5. The van der Waals surface area contributed by atoms with E-state index in [2.05, 4.69) is 24.0 Å². The van der Waals surface area contributed by atoms with Crippen molar-refractivity contribution >= 4 is 29.3 Å². The predicted molar refractivity (Wildman–Crippen MR) is 105 cm³/mol. The van der Waals surface area contributed by atoms with E-state index in [1.54, 1.807) is 17.0 Å². The summed E-state index contributed by atoms with van der Waals surface area (Å²) in [6.45, 7) is 5.63. The molecular weight excluding hydrogens is 362 g/mol. The average molecular weight is 385 g/mol. The fourth-order valence-corrected chi connectivity index (χ4v) is 4.77. The Bertz CT molecular complexity index is 816. The summed E-state index contributed by atoms with van der Waals surface area (Å²) >= 11 is 1.86. The van der Waals surface area contributed by atoms with Crippen LogP contribution in [0.4, 0.5) is 5.69 Å². The van der Waals surface area contributed by atoms with Gasteiger partial charge in [-0.1, -0.05) is 19.1 Å². The van der Waals surface area contributed by atoms with Gasteiger partial charge >= 0.3 is 0 Å². The first kappa shape index (κ1) is 18.0. The first-order valence-corrected chi connectivity index (χ1v) is 10.1. The lowest BCUT2D eigenvalue weighted by molar-refractivity contribution is -0.131. The van der Waals surface area contributed by atoms with Crippen LogP contribution in [0.15, 0.2) is 52.0 Å². The van der Waals surface area contributed by atoms with E-state index in [1.165, 1.54) is 11.2 Å². The number of amides is 2. The number of fused-ring (bicyclic) bond motifs is 1. The molecular formula is C20H23N3O3S. The van der Waals surface area contributed by atoms with E-state index in [0.717, 1.165) is 12.2 Å². The number of benzene rings is 1. The van der Waals surface area contributed by atoms with Gasteiger partial charge in [0.05, 0.1) is 18.5 Å². The van der Waals surface area contributed by atoms with Crippen molar-refractivity contribution in [2.24, 2.45) is 0 Å². The van der Waals surface area contributed by atoms with Crippen LogP contribution in [-0.4, -0.2) is 66.1 Å². The average Bonchev–Trinajstić information content (AvgIpc) is 3.22. The number of thioether (sulfide) groups is 1. The molecule has 7 heteroatoms. The summed E-state index contributed by atoms with van der Waals surface area (Å²) in [6.07, 6.45) is 1.50. The highest BCUT2D eigenvalue weighted by atomic mass is 32.2. The van der Waals surface area contributed by atoms with Gasteiger partial charge in [-0.15, -0.1) is 11.8 Å². The number of furan rings is 1. The molecule has 2 aliphatic rings. The van der Waals surface area contributed by atoms with Crippen LogP contribution < -0.4 is 4.90 Å². The van der Waals surface area contributed by atoms with E-state index in [0.29, 0.717) is 43.7 Å². The van der Waals surface area contributed by atoms with Crippen molar-refractivity contribution in [3.05, 3.63) is 48.4 Å². The van der Waals surface area contributed by atoms with Gasteiger partial charge in [-0.05, 0) is 24.3 Å². The Morgan fingerprint density at radius 3 is 2.56 bits per heavy atom. The van der Waals surface area contributed by atoms with E-state index in [-0.39, 0.29) is 11.8 Å². The topological polar surface area (TPSA) is 57.0 Å². The smallest absolute Gasteiger partial charge is 0.289 e. The molecule has 1 fully saturated rings. The Kier molecular flexibility index (Phi) is 5.11. The molecule has 2 aliphatic heterocycles. The van der Waals surface area contributed by atoms with Crippen LogP contribution in [0.25, 0.3) is 0 Å². The molecule has 0 bridgehead atoms. The van der Waals surface area contributed by atoms with E-state index in [4.69, 9.17) is 4.42 Å². The van der Waals surface area contributed by atoms with Crippen molar-refractivity contribution in [2.75, 3.05) is 44.2 Å². The zero-order chi connectivity index (χ0) is 18.8. The second-order valence-electron chi connectivity index (χ2n) is 6.93. The second kappa shape index (κ2) is 7.68. The minimum absolute atomic E-state index is 0.108. The Morgan fingerprint density at radius 1 is 1.07 bits per heavy atom. The lowest BCUT2D eigenvalue weighted by Gasteiger charge is -2.38. The first-order chi connectivity index (χ1) is 13.1. The molecule has 0 radical (unpaired) electrons. The molecule has 1 atom stereocenters. The standard InChI is InChI=1S/C20H23N3O3S/c1-15-13-23(16-5-2-3-7-18(16)27-15)14-19(24)21-8-10-22(11-9-21)20(25)17-6-4-12-26-17/h2-7,12,15H,8-11,13-14H2,1H3/t15-/m0/s1. The van der Waals surface area contributed by atoms with Gasteiger partial charge in [0.25, 0.3) is 5.91 Å². The third-order valence-corrected chi connectivity index (χ3v) is 6.14. The van der Waals surface area contributed by atoms with Crippen molar-refractivity contribution in [2.45, 2.75) is 17.1 Å². The Hall–Kier alpha value is -2.41. The fourth-order valence-electron chi connectivity index (χ4n) is 3.61. The maximum atomic E-state index is 12.8. The summed E-state index contributed by atoms with van der Waals surface area (Å²) in [5.74, 6) is 0.364. The first-order valence-electron chi connectivity index (χ1n) is 9.23. The molecule has 142 valence electrons. The summed E-state index contributed by atoms with van der Waals surface area (Å²) in [5.41, 5.74) is 1.14. The van der Waals surface area contributed by atoms with Gasteiger partial charge in [-0.2, -0.15) is 0 Å². The Balaban J connectivity index is 1.36. The molecule has 27 heavy (non-hydrogen) atoms. The van der Waals surface area contributed by atoms with Crippen LogP contribution in [0.2, 0.25) is 0 Å². The van der Waals surface area contributed by atoms with Crippen molar-refractivity contribution in [3.8, 4) is 0 Å². The van der Waals surface area contributed by atoms with Gasteiger partial charge in [-0.3, -0.25) is 9.59 Å². The number of piperazine rings is 1. The largest absolute Gasteiger partial charge is 0.459 e. The number of rotatable bonds is 3. The Labute approximate surface area is 163 Å². The van der Waals surface area contributed by atoms with Gasteiger partial charge in [0, 0.05) is 42.9 Å². The summed E-state index contributed by atoms with van der Waals surface area (Å²) in [6, 6.07) is 11.6. The molecule has 0 N–H and O–H groups in total. The molecule has 0 spiro atoms. The molecule has 0 unspecified atom stereocenters. The maximum Gasteiger partial charge on any atom is 0.289 e. The van der Waals surface area contributed by atoms with Crippen molar-refractivity contribution < 1.29 is 14.0 Å². The van der Waals surface area contributed by atoms with Gasteiger partial charge in [-0.25, -0.2) is 0 Å². The monoisotopic (exact) mass is 385 g/mol. The molecule has 4 rings (SSSR count). The normalized spacial score (nSPS) is 19.7. The third-order valence-electron chi connectivity index (χ3n) is 4.99. The van der Waals surface area contributed by atoms with Crippen molar-refractivity contribution in [1.82, 2.24) is 9.80 Å². The summed E-state index contributed by atoms with van der Waals surface area (Å²) in [4.78, 5) is 32.2. The van der Waals surface area contributed by atoms with Crippen LogP contribution >= 0.6 is 11.8 Å². The van der Waals surface area contributed by atoms with Crippen molar-refractivity contribution in [3.63, 3.8) is 0 Å². The Morgan fingerprint density at radius 2 is 1.81 bits per heavy atom. The molecule has 1 saturated heterocycles. The highest BCUT2D eigenvalue weighted by Crippen LogP contribution is 2.37. The lowest BCUT2D eigenvalue weighted by Crippen LogP contribution is -2.53. The van der Waals surface area contributed by atoms with E-state index < -0.39 is 0 Å². The van der Waals surface area contributed by atoms with Crippen molar-refractivity contribution in [1.29, 1.82) is 0 Å². The van der Waals surface area contributed by atoms with Crippen LogP contribution in [-0.2, 0) is 4.79 Å². The number of hydrogen-bond donors (Lipinski definition) is 0. The van der Waals surface area contributed by atoms with Crippen LogP contribution in [0.5, 0.6) is 0 Å². The molecule has 2 aromatic rings. The van der Waals surface area contributed by atoms with E-state index in [1.807, 2.05) is 28.8 Å². The summed E-state index contributed by atoms with van der Waals surface area (Å²) in [7, 11) is 0. The highest BCUT2D eigenvalue weighted by Gasteiger charge is 2.29.